The van der Waals surface area contributed by atoms with Crippen molar-refractivity contribution in [3.05, 3.63) is 35.9 Å². The van der Waals surface area contributed by atoms with E-state index in [0.717, 1.165) is 5.56 Å². The van der Waals surface area contributed by atoms with Crippen LogP contribution in [0.3, 0.4) is 0 Å². The van der Waals surface area contributed by atoms with Crippen LogP contribution in [0.2, 0.25) is 0 Å². The number of ether oxygens (including phenoxy) is 1. The Labute approximate surface area is 88.1 Å². The Kier molecular flexibility index (Phi) is 3.82. The lowest BCUT2D eigenvalue weighted by atomic mass is 10.1. The predicted molar refractivity (Wildman–Crippen MR) is 54.4 cm³/mol. The molecule has 0 aliphatic rings. The number of carboxylic acid groups (broad SMARTS) is 1. The lowest BCUT2D eigenvalue weighted by Gasteiger charge is -2.17. The van der Waals surface area contributed by atoms with Gasteiger partial charge in [0.05, 0.1) is 13.2 Å². The van der Waals surface area contributed by atoms with Gasteiger partial charge in [0, 0.05) is 0 Å². The van der Waals surface area contributed by atoms with E-state index in [2.05, 4.69) is 0 Å². The van der Waals surface area contributed by atoms with Crippen LogP contribution in [-0.2, 0) is 16.1 Å². The maximum atomic E-state index is 10.5. The number of carbonyl (C=O) groups is 1. The first-order valence-corrected chi connectivity index (χ1v) is 4.60. The summed E-state index contributed by atoms with van der Waals surface area (Å²) in [5.74, 6) is -1.28. The van der Waals surface area contributed by atoms with Gasteiger partial charge in [-0.25, -0.2) is 4.79 Å². The SMILES string of the molecule is C[C@](O)(COCc1ccccc1)C(=O)O. The molecule has 0 unspecified atom stereocenters. The zero-order valence-electron chi connectivity index (χ0n) is 8.51. The molecule has 0 aliphatic carbocycles. The van der Waals surface area contributed by atoms with Crippen molar-refractivity contribution in [3.8, 4) is 0 Å². The highest BCUT2D eigenvalue weighted by molar-refractivity contribution is 5.76. The van der Waals surface area contributed by atoms with E-state index in [9.17, 15) is 9.90 Å². The van der Waals surface area contributed by atoms with Crippen molar-refractivity contribution in [2.75, 3.05) is 6.61 Å². The van der Waals surface area contributed by atoms with Crippen molar-refractivity contribution < 1.29 is 19.7 Å². The Morgan fingerprint density at radius 3 is 2.53 bits per heavy atom. The smallest absolute Gasteiger partial charge is 0.337 e. The van der Waals surface area contributed by atoms with E-state index in [1.54, 1.807) is 0 Å². The van der Waals surface area contributed by atoms with Gasteiger partial charge < -0.3 is 14.9 Å². The van der Waals surface area contributed by atoms with Gasteiger partial charge in [-0.1, -0.05) is 30.3 Å². The van der Waals surface area contributed by atoms with Crippen molar-refractivity contribution in [2.24, 2.45) is 0 Å². The van der Waals surface area contributed by atoms with Gasteiger partial charge in [0.1, 0.15) is 0 Å². The van der Waals surface area contributed by atoms with Gasteiger partial charge in [0.25, 0.3) is 0 Å². The fraction of sp³-hybridized carbons (Fsp3) is 0.364. The third-order valence-corrected chi connectivity index (χ3v) is 1.96. The van der Waals surface area contributed by atoms with Crippen LogP contribution < -0.4 is 0 Å². The Bertz CT molecular complexity index is 319. The first kappa shape index (κ1) is 11.7. The minimum absolute atomic E-state index is 0.225. The molecule has 0 heterocycles. The van der Waals surface area contributed by atoms with E-state index in [1.165, 1.54) is 6.92 Å². The zero-order valence-corrected chi connectivity index (χ0v) is 8.51. The summed E-state index contributed by atoms with van der Waals surface area (Å²) < 4.78 is 5.11. The summed E-state index contributed by atoms with van der Waals surface area (Å²) >= 11 is 0. The monoisotopic (exact) mass is 210 g/mol. The van der Waals surface area contributed by atoms with Crippen LogP contribution in [0, 0.1) is 0 Å². The summed E-state index contributed by atoms with van der Waals surface area (Å²) in [7, 11) is 0. The standard InChI is InChI=1S/C11H14O4/c1-11(14,10(12)13)8-15-7-9-5-3-2-4-6-9/h2-6,14H,7-8H2,1H3,(H,12,13)/t11-/m0/s1. The van der Waals surface area contributed by atoms with Gasteiger partial charge in [-0.2, -0.15) is 0 Å². The van der Waals surface area contributed by atoms with Gasteiger partial charge >= 0.3 is 5.97 Å². The summed E-state index contributed by atoms with van der Waals surface area (Å²) in [6.45, 7) is 1.28. The summed E-state index contributed by atoms with van der Waals surface area (Å²) in [5.41, 5.74) is -0.881. The number of aliphatic hydroxyl groups is 1. The van der Waals surface area contributed by atoms with E-state index < -0.39 is 11.6 Å². The van der Waals surface area contributed by atoms with Crippen molar-refractivity contribution >= 4 is 5.97 Å². The van der Waals surface area contributed by atoms with Crippen LogP contribution >= 0.6 is 0 Å². The normalized spacial score (nSPS) is 14.5. The summed E-state index contributed by atoms with van der Waals surface area (Å²) in [4.78, 5) is 10.5. The molecular formula is C11H14O4. The van der Waals surface area contributed by atoms with Crippen LogP contribution in [0.5, 0.6) is 0 Å². The molecule has 1 atom stereocenters. The van der Waals surface area contributed by atoms with Crippen LogP contribution in [-0.4, -0.2) is 28.4 Å². The van der Waals surface area contributed by atoms with E-state index in [4.69, 9.17) is 9.84 Å². The first-order valence-electron chi connectivity index (χ1n) is 4.60. The molecule has 0 saturated heterocycles. The third-order valence-electron chi connectivity index (χ3n) is 1.96. The van der Waals surface area contributed by atoms with E-state index in [1.807, 2.05) is 30.3 Å². The van der Waals surface area contributed by atoms with Crippen LogP contribution in [0.15, 0.2) is 30.3 Å². The maximum Gasteiger partial charge on any atom is 0.337 e. The molecule has 1 aromatic carbocycles. The quantitative estimate of drug-likeness (QED) is 0.762. The summed E-state index contributed by atoms with van der Waals surface area (Å²) in [5, 5.41) is 18.0. The minimum Gasteiger partial charge on any atom is -0.479 e. The van der Waals surface area contributed by atoms with Crippen molar-refractivity contribution in [1.29, 1.82) is 0 Å². The van der Waals surface area contributed by atoms with E-state index in [0.29, 0.717) is 6.61 Å². The maximum absolute atomic E-state index is 10.5. The third kappa shape index (κ3) is 3.69. The molecule has 4 heteroatoms. The second-order valence-corrected chi connectivity index (χ2v) is 3.56. The molecule has 0 bridgehead atoms. The molecule has 2 N–H and O–H groups in total. The van der Waals surface area contributed by atoms with Crippen molar-refractivity contribution in [2.45, 2.75) is 19.1 Å². The van der Waals surface area contributed by atoms with Gasteiger partial charge in [0.15, 0.2) is 5.60 Å². The summed E-state index contributed by atoms with van der Waals surface area (Å²) in [6, 6.07) is 9.37. The fourth-order valence-corrected chi connectivity index (χ4v) is 1.00. The second kappa shape index (κ2) is 4.91. The molecule has 0 fully saturated rings. The number of hydrogen-bond acceptors (Lipinski definition) is 3. The molecule has 1 aromatic rings. The average Bonchev–Trinajstić information content (AvgIpc) is 2.19. The zero-order chi connectivity index (χ0) is 11.3. The largest absolute Gasteiger partial charge is 0.479 e. The molecule has 0 aliphatic heterocycles. The van der Waals surface area contributed by atoms with E-state index in [-0.39, 0.29) is 6.61 Å². The molecule has 0 amide bonds. The number of rotatable bonds is 5. The minimum atomic E-state index is -1.82. The number of aliphatic carboxylic acids is 1. The molecule has 82 valence electrons. The highest BCUT2D eigenvalue weighted by Crippen LogP contribution is 2.07. The van der Waals surface area contributed by atoms with Crippen LogP contribution in [0.1, 0.15) is 12.5 Å². The number of hydrogen-bond donors (Lipinski definition) is 2. The summed E-state index contributed by atoms with van der Waals surface area (Å²) in [6.07, 6.45) is 0. The van der Waals surface area contributed by atoms with Gasteiger partial charge in [0.2, 0.25) is 0 Å². The topological polar surface area (TPSA) is 66.8 Å². The van der Waals surface area contributed by atoms with E-state index >= 15 is 0 Å². The fourth-order valence-electron chi connectivity index (χ4n) is 1.00. The molecule has 1 rings (SSSR count). The van der Waals surface area contributed by atoms with Gasteiger partial charge in [-0.15, -0.1) is 0 Å². The Balaban J connectivity index is 2.37. The second-order valence-electron chi connectivity index (χ2n) is 3.56. The molecular weight excluding hydrogens is 196 g/mol. The highest BCUT2D eigenvalue weighted by Gasteiger charge is 2.29. The molecule has 4 nitrogen and oxygen atoms in total. The van der Waals surface area contributed by atoms with Crippen molar-refractivity contribution in [1.82, 2.24) is 0 Å². The van der Waals surface area contributed by atoms with Crippen LogP contribution in [0.4, 0.5) is 0 Å². The lowest BCUT2D eigenvalue weighted by Crippen LogP contribution is -2.39. The lowest BCUT2D eigenvalue weighted by molar-refractivity contribution is -0.163. The van der Waals surface area contributed by atoms with Gasteiger partial charge in [-0.3, -0.25) is 0 Å². The molecule has 0 spiro atoms. The molecule has 0 aromatic heterocycles. The molecule has 15 heavy (non-hydrogen) atoms. The Morgan fingerprint density at radius 1 is 1.40 bits per heavy atom. The molecule has 0 radical (unpaired) electrons. The Morgan fingerprint density at radius 2 is 2.00 bits per heavy atom. The average molecular weight is 210 g/mol. The van der Waals surface area contributed by atoms with Gasteiger partial charge in [-0.05, 0) is 12.5 Å². The number of benzene rings is 1. The predicted octanol–water partition coefficient (Wildman–Crippen LogP) is 1.04. The Hall–Kier alpha value is -1.39. The number of carboxylic acids is 1. The first-order chi connectivity index (χ1) is 7.02. The highest BCUT2D eigenvalue weighted by atomic mass is 16.5. The van der Waals surface area contributed by atoms with Crippen molar-refractivity contribution in [3.63, 3.8) is 0 Å². The molecule has 0 saturated carbocycles. The van der Waals surface area contributed by atoms with Crippen LogP contribution in [0.25, 0.3) is 0 Å².